The molecule has 6 heteroatoms. The number of aliphatic carboxylic acids is 1. The van der Waals surface area contributed by atoms with Crippen LogP contribution in [0.2, 0.25) is 0 Å². The first-order valence-electron chi connectivity index (χ1n) is 9.41. The van der Waals surface area contributed by atoms with E-state index in [1.807, 2.05) is 31.2 Å². The lowest BCUT2D eigenvalue weighted by atomic mass is 9.81. The van der Waals surface area contributed by atoms with Crippen LogP contribution in [0.4, 0.5) is 0 Å². The number of fused-ring (bicyclic) bond motifs is 1. The highest BCUT2D eigenvalue weighted by Crippen LogP contribution is 2.44. The van der Waals surface area contributed by atoms with Crippen LogP contribution in [0.5, 0.6) is 0 Å². The lowest BCUT2D eigenvalue weighted by molar-refractivity contribution is -0.148. The van der Waals surface area contributed by atoms with Crippen molar-refractivity contribution in [2.75, 3.05) is 39.4 Å². The molecule has 0 aliphatic carbocycles. The maximum absolute atomic E-state index is 12.8. The number of aryl methyl sites for hydroxylation is 1. The number of nitrogens with zero attached hydrogens (tertiary/aromatic N) is 2. The van der Waals surface area contributed by atoms with Crippen LogP contribution in [0.3, 0.4) is 0 Å². The van der Waals surface area contributed by atoms with E-state index in [0.717, 1.165) is 38.2 Å². The average Bonchev–Trinajstić information content (AvgIpc) is 3.18. The number of ether oxygens (including phenoxy) is 1. The standard InChI is InChI=1S/C20H26N2O4/c1-14-2-4-15(5-3-14)18(23)22-11-16-10-21(17-6-8-26-9-7-17)12-20(16,13-22)19(24)25/h2-5,16-17H,6-13H2,1H3,(H,24,25)/t16-,20-/m1/s1. The van der Waals surface area contributed by atoms with Crippen molar-refractivity contribution in [2.45, 2.75) is 25.8 Å². The van der Waals surface area contributed by atoms with Gasteiger partial charge in [0.2, 0.25) is 0 Å². The number of carboxylic acids is 1. The van der Waals surface area contributed by atoms with Gasteiger partial charge in [0.25, 0.3) is 5.91 Å². The Morgan fingerprint density at radius 1 is 1.12 bits per heavy atom. The molecule has 3 aliphatic rings. The van der Waals surface area contributed by atoms with E-state index in [1.165, 1.54) is 0 Å². The normalized spacial score (nSPS) is 29.7. The van der Waals surface area contributed by atoms with Crippen LogP contribution in [0, 0.1) is 18.3 Å². The molecule has 2 atom stereocenters. The highest BCUT2D eigenvalue weighted by Gasteiger charge is 2.59. The van der Waals surface area contributed by atoms with Crippen molar-refractivity contribution in [3.05, 3.63) is 35.4 Å². The highest BCUT2D eigenvalue weighted by atomic mass is 16.5. The predicted molar refractivity (Wildman–Crippen MR) is 96.1 cm³/mol. The molecule has 1 amide bonds. The Morgan fingerprint density at radius 3 is 2.42 bits per heavy atom. The van der Waals surface area contributed by atoms with E-state index >= 15 is 0 Å². The molecular weight excluding hydrogens is 332 g/mol. The molecule has 0 unspecified atom stereocenters. The lowest BCUT2D eigenvalue weighted by Crippen LogP contribution is -2.45. The number of carbonyl (C=O) groups is 2. The maximum atomic E-state index is 12.8. The van der Waals surface area contributed by atoms with Crippen molar-refractivity contribution in [3.63, 3.8) is 0 Å². The Labute approximate surface area is 153 Å². The summed E-state index contributed by atoms with van der Waals surface area (Å²) in [5.74, 6) is -0.828. The second-order valence-corrected chi connectivity index (χ2v) is 7.98. The van der Waals surface area contributed by atoms with Crippen LogP contribution >= 0.6 is 0 Å². The van der Waals surface area contributed by atoms with Gasteiger partial charge in [-0.25, -0.2) is 0 Å². The van der Waals surface area contributed by atoms with Crippen LogP contribution in [0.25, 0.3) is 0 Å². The van der Waals surface area contributed by atoms with Crippen molar-refractivity contribution in [2.24, 2.45) is 11.3 Å². The number of likely N-dealkylation sites (tertiary alicyclic amines) is 2. The lowest BCUT2D eigenvalue weighted by Gasteiger charge is -2.33. The number of benzene rings is 1. The van der Waals surface area contributed by atoms with E-state index in [1.54, 1.807) is 4.90 Å². The Morgan fingerprint density at radius 2 is 1.81 bits per heavy atom. The molecule has 0 bridgehead atoms. The van der Waals surface area contributed by atoms with Gasteiger partial charge in [0, 0.05) is 56.9 Å². The summed E-state index contributed by atoms with van der Waals surface area (Å²) in [5, 5.41) is 10.0. The van der Waals surface area contributed by atoms with Gasteiger partial charge in [0.1, 0.15) is 5.41 Å². The first-order valence-corrected chi connectivity index (χ1v) is 9.41. The summed E-state index contributed by atoms with van der Waals surface area (Å²) in [5.41, 5.74) is 0.907. The molecule has 6 nitrogen and oxygen atoms in total. The molecule has 0 spiro atoms. The zero-order chi connectivity index (χ0) is 18.3. The van der Waals surface area contributed by atoms with Gasteiger partial charge in [-0.05, 0) is 31.9 Å². The summed E-state index contributed by atoms with van der Waals surface area (Å²) in [4.78, 5) is 29.1. The summed E-state index contributed by atoms with van der Waals surface area (Å²) >= 11 is 0. The van der Waals surface area contributed by atoms with E-state index < -0.39 is 11.4 Å². The minimum atomic E-state index is -0.835. The molecule has 26 heavy (non-hydrogen) atoms. The molecule has 3 saturated heterocycles. The summed E-state index contributed by atoms with van der Waals surface area (Å²) in [6.45, 7) is 5.62. The summed E-state index contributed by atoms with van der Waals surface area (Å²) < 4.78 is 5.44. The van der Waals surface area contributed by atoms with Gasteiger partial charge in [-0.2, -0.15) is 0 Å². The van der Waals surface area contributed by atoms with E-state index in [-0.39, 0.29) is 11.8 Å². The molecule has 1 aromatic carbocycles. The van der Waals surface area contributed by atoms with Crippen molar-refractivity contribution < 1.29 is 19.4 Å². The van der Waals surface area contributed by atoms with E-state index in [4.69, 9.17) is 4.74 Å². The SMILES string of the molecule is Cc1ccc(C(=O)N2C[C@H]3CN(C4CCOCC4)C[C@@]3(C(=O)O)C2)cc1. The zero-order valence-electron chi connectivity index (χ0n) is 15.2. The van der Waals surface area contributed by atoms with Crippen LogP contribution < -0.4 is 0 Å². The zero-order valence-corrected chi connectivity index (χ0v) is 15.2. The van der Waals surface area contributed by atoms with E-state index in [2.05, 4.69) is 4.90 Å². The molecule has 0 radical (unpaired) electrons. The predicted octanol–water partition coefficient (Wildman–Crippen LogP) is 1.63. The highest BCUT2D eigenvalue weighted by molar-refractivity contribution is 5.95. The molecule has 1 aromatic rings. The average molecular weight is 358 g/mol. The molecule has 1 N–H and O–H groups in total. The monoisotopic (exact) mass is 358 g/mol. The molecule has 4 rings (SSSR count). The fourth-order valence-corrected chi connectivity index (χ4v) is 4.77. The van der Waals surface area contributed by atoms with Crippen LogP contribution in [-0.4, -0.2) is 72.2 Å². The van der Waals surface area contributed by atoms with Gasteiger partial charge < -0.3 is 14.7 Å². The first-order chi connectivity index (χ1) is 12.5. The Balaban J connectivity index is 1.50. The van der Waals surface area contributed by atoms with Crippen molar-refractivity contribution in [1.29, 1.82) is 0 Å². The second kappa shape index (κ2) is 6.67. The molecule has 3 fully saturated rings. The number of hydrogen-bond donors (Lipinski definition) is 1. The third-order valence-electron chi connectivity index (χ3n) is 6.35. The molecule has 140 valence electrons. The number of carboxylic acid groups (broad SMARTS) is 1. The first kappa shape index (κ1) is 17.5. The van der Waals surface area contributed by atoms with E-state index in [9.17, 15) is 14.7 Å². The van der Waals surface area contributed by atoms with Crippen molar-refractivity contribution in [3.8, 4) is 0 Å². The van der Waals surface area contributed by atoms with Crippen molar-refractivity contribution in [1.82, 2.24) is 9.80 Å². The Kier molecular flexibility index (Phi) is 4.49. The third-order valence-corrected chi connectivity index (χ3v) is 6.35. The molecular formula is C20H26N2O4. The van der Waals surface area contributed by atoms with Gasteiger partial charge in [-0.3, -0.25) is 14.5 Å². The number of carbonyl (C=O) groups excluding carboxylic acids is 1. The number of amides is 1. The Hall–Kier alpha value is -1.92. The Bertz CT molecular complexity index is 698. The van der Waals surface area contributed by atoms with E-state index in [0.29, 0.717) is 31.2 Å². The topological polar surface area (TPSA) is 70.1 Å². The van der Waals surface area contributed by atoms with Gasteiger partial charge in [0.15, 0.2) is 0 Å². The quantitative estimate of drug-likeness (QED) is 0.889. The fraction of sp³-hybridized carbons (Fsp3) is 0.600. The fourth-order valence-electron chi connectivity index (χ4n) is 4.77. The van der Waals surface area contributed by atoms with Gasteiger partial charge in [-0.15, -0.1) is 0 Å². The summed E-state index contributed by atoms with van der Waals surface area (Å²) in [6.07, 6.45) is 1.93. The van der Waals surface area contributed by atoms with Gasteiger partial charge in [0.05, 0.1) is 0 Å². The minimum Gasteiger partial charge on any atom is -0.481 e. The second-order valence-electron chi connectivity index (χ2n) is 7.98. The van der Waals surface area contributed by atoms with Crippen LogP contribution in [0.15, 0.2) is 24.3 Å². The smallest absolute Gasteiger partial charge is 0.313 e. The molecule has 3 heterocycles. The van der Waals surface area contributed by atoms with Crippen LogP contribution in [0.1, 0.15) is 28.8 Å². The molecule has 0 aromatic heterocycles. The molecule has 0 saturated carbocycles. The van der Waals surface area contributed by atoms with Gasteiger partial charge >= 0.3 is 5.97 Å². The summed E-state index contributed by atoms with van der Waals surface area (Å²) in [6, 6.07) is 7.90. The van der Waals surface area contributed by atoms with Crippen molar-refractivity contribution >= 4 is 11.9 Å². The van der Waals surface area contributed by atoms with Crippen LogP contribution in [-0.2, 0) is 9.53 Å². The molecule has 3 aliphatic heterocycles. The summed E-state index contributed by atoms with van der Waals surface area (Å²) in [7, 11) is 0. The maximum Gasteiger partial charge on any atom is 0.313 e. The number of rotatable bonds is 3. The largest absolute Gasteiger partial charge is 0.481 e. The van der Waals surface area contributed by atoms with Gasteiger partial charge in [-0.1, -0.05) is 17.7 Å². The number of hydrogen-bond acceptors (Lipinski definition) is 4. The minimum absolute atomic E-state index is 0.00255. The third kappa shape index (κ3) is 2.91.